The van der Waals surface area contributed by atoms with E-state index in [-0.39, 0.29) is 46.2 Å². The van der Waals surface area contributed by atoms with Crippen LogP contribution in [0.1, 0.15) is 35.6 Å². The molecule has 82 valence electrons. The molecule has 0 saturated heterocycles. The average molecular weight is 319 g/mol. The molecule has 0 fully saturated rings. The van der Waals surface area contributed by atoms with Gasteiger partial charge in [-0.15, -0.1) is 11.8 Å². The molecular formula is C12H24SSn. The van der Waals surface area contributed by atoms with E-state index in [0.717, 1.165) is 0 Å². The summed E-state index contributed by atoms with van der Waals surface area (Å²) in [4.78, 5) is 1.38. The minimum Gasteiger partial charge on any atom is -0.126 e. The molecule has 0 N–H and O–H groups in total. The smallest absolute Gasteiger partial charge is 0.00719 e. The van der Waals surface area contributed by atoms with Crippen LogP contribution in [0.2, 0.25) is 0 Å². The van der Waals surface area contributed by atoms with E-state index in [1.165, 1.54) is 17.1 Å². The van der Waals surface area contributed by atoms with Gasteiger partial charge in [0.25, 0.3) is 0 Å². The molecule has 0 bridgehead atoms. The molecule has 1 aromatic carbocycles. The number of rotatable bonds is 3. The Hall–Kier alpha value is 0.369. The van der Waals surface area contributed by atoms with E-state index in [2.05, 4.69) is 37.3 Å². The molecule has 0 spiro atoms. The Kier molecular flexibility index (Phi) is 27.0. The molecule has 2 heteroatoms. The third-order valence-corrected chi connectivity index (χ3v) is 2.43. The molecule has 0 heterocycles. The molecule has 0 aliphatic heterocycles. The third kappa shape index (κ3) is 10.4. The predicted octanol–water partition coefficient (Wildman–Crippen LogP) is 4.72. The van der Waals surface area contributed by atoms with Gasteiger partial charge in [-0.1, -0.05) is 47.4 Å². The largest absolute Gasteiger partial charge is 0.126 e. The molecule has 0 unspecified atom stereocenters. The fourth-order valence-electron chi connectivity index (χ4n) is 0.737. The van der Waals surface area contributed by atoms with E-state index >= 15 is 0 Å². The summed E-state index contributed by atoms with van der Waals surface area (Å²) in [6.07, 6.45) is 1.25. The van der Waals surface area contributed by atoms with Gasteiger partial charge in [0, 0.05) is 28.8 Å². The maximum atomic E-state index is 2.20. The van der Waals surface area contributed by atoms with Crippen LogP contribution >= 0.6 is 11.8 Å². The third-order valence-electron chi connectivity index (χ3n) is 1.22. The SMILES string of the molecule is C.C.C.CCCSc1ccccc1.[Sn]. The van der Waals surface area contributed by atoms with Gasteiger partial charge in [-0.2, -0.15) is 0 Å². The van der Waals surface area contributed by atoms with Crippen LogP contribution in [-0.2, 0) is 0 Å². The molecule has 0 amide bonds. The monoisotopic (exact) mass is 320 g/mol. The zero-order chi connectivity index (χ0) is 7.23. The molecule has 0 aromatic heterocycles. The molecule has 0 atom stereocenters. The quantitative estimate of drug-likeness (QED) is 0.574. The van der Waals surface area contributed by atoms with Crippen molar-refractivity contribution in [3.05, 3.63) is 30.3 Å². The Bertz CT molecular complexity index is 175. The average Bonchev–Trinajstić information content (AvgIpc) is 2.03. The fraction of sp³-hybridized carbons (Fsp3) is 0.500. The normalized spacial score (nSPS) is 6.93. The summed E-state index contributed by atoms with van der Waals surface area (Å²) in [5.74, 6) is 1.23. The molecule has 0 nitrogen and oxygen atoms in total. The number of thioether (sulfide) groups is 1. The Balaban J connectivity index is -0.000000125. The van der Waals surface area contributed by atoms with Gasteiger partial charge in [0.05, 0.1) is 0 Å². The first-order valence-corrected chi connectivity index (χ1v) is 4.60. The fourth-order valence-corrected chi connectivity index (χ4v) is 1.53. The van der Waals surface area contributed by atoms with E-state index in [1.54, 1.807) is 0 Å². The summed E-state index contributed by atoms with van der Waals surface area (Å²) in [5.41, 5.74) is 0. The first-order valence-electron chi connectivity index (χ1n) is 3.61. The minimum atomic E-state index is 0. The van der Waals surface area contributed by atoms with Gasteiger partial charge in [0.2, 0.25) is 0 Å². The van der Waals surface area contributed by atoms with Crippen molar-refractivity contribution in [2.24, 2.45) is 0 Å². The Morgan fingerprint density at radius 1 is 1.00 bits per heavy atom. The summed E-state index contributed by atoms with van der Waals surface area (Å²) in [5, 5.41) is 0. The van der Waals surface area contributed by atoms with Crippen LogP contribution in [-0.4, -0.2) is 29.7 Å². The van der Waals surface area contributed by atoms with Crippen molar-refractivity contribution in [1.82, 2.24) is 0 Å². The van der Waals surface area contributed by atoms with Gasteiger partial charge >= 0.3 is 0 Å². The first kappa shape index (κ1) is 23.9. The van der Waals surface area contributed by atoms with Crippen LogP contribution in [0.4, 0.5) is 0 Å². The van der Waals surface area contributed by atoms with Gasteiger partial charge in [0.15, 0.2) is 0 Å². The van der Waals surface area contributed by atoms with Gasteiger partial charge < -0.3 is 0 Å². The number of hydrogen-bond donors (Lipinski definition) is 0. The van der Waals surface area contributed by atoms with Crippen LogP contribution in [0.3, 0.4) is 0 Å². The van der Waals surface area contributed by atoms with Gasteiger partial charge in [0.1, 0.15) is 0 Å². The predicted molar refractivity (Wildman–Crippen MR) is 73.4 cm³/mol. The van der Waals surface area contributed by atoms with Crippen LogP contribution in [0.5, 0.6) is 0 Å². The van der Waals surface area contributed by atoms with E-state index in [9.17, 15) is 0 Å². The molecule has 0 aliphatic rings. The van der Waals surface area contributed by atoms with Crippen molar-refractivity contribution in [3.8, 4) is 0 Å². The molecule has 1 rings (SSSR count). The van der Waals surface area contributed by atoms with Crippen molar-refractivity contribution in [2.45, 2.75) is 40.5 Å². The molecule has 1 aromatic rings. The van der Waals surface area contributed by atoms with E-state index in [4.69, 9.17) is 0 Å². The summed E-state index contributed by atoms with van der Waals surface area (Å²) in [6, 6.07) is 10.5. The van der Waals surface area contributed by atoms with Crippen molar-refractivity contribution in [3.63, 3.8) is 0 Å². The van der Waals surface area contributed by atoms with Crippen molar-refractivity contribution >= 4 is 35.7 Å². The van der Waals surface area contributed by atoms with Crippen molar-refractivity contribution in [1.29, 1.82) is 0 Å². The van der Waals surface area contributed by atoms with Crippen molar-refractivity contribution < 1.29 is 0 Å². The van der Waals surface area contributed by atoms with Crippen LogP contribution in [0.15, 0.2) is 35.2 Å². The number of benzene rings is 1. The van der Waals surface area contributed by atoms with Gasteiger partial charge in [-0.05, 0) is 24.3 Å². The topological polar surface area (TPSA) is 0 Å². The second-order valence-corrected chi connectivity index (χ2v) is 3.33. The second kappa shape index (κ2) is 15.8. The van der Waals surface area contributed by atoms with Gasteiger partial charge in [-0.3, -0.25) is 0 Å². The zero-order valence-corrected chi connectivity index (χ0v) is 10.4. The van der Waals surface area contributed by atoms with Crippen molar-refractivity contribution in [2.75, 3.05) is 5.75 Å². The molecule has 0 saturated carbocycles. The van der Waals surface area contributed by atoms with Crippen LogP contribution < -0.4 is 0 Å². The van der Waals surface area contributed by atoms with Crippen LogP contribution in [0, 0.1) is 0 Å². The summed E-state index contributed by atoms with van der Waals surface area (Å²) in [6.45, 7) is 2.20. The number of hydrogen-bond acceptors (Lipinski definition) is 1. The Morgan fingerprint density at radius 2 is 1.50 bits per heavy atom. The van der Waals surface area contributed by atoms with E-state index in [1.807, 2.05) is 11.8 Å². The molecule has 14 heavy (non-hydrogen) atoms. The summed E-state index contributed by atoms with van der Waals surface area (Å²) >= 11 is 1.92. The van der Waals surface area contributed by atoms with Gasteiger partial charge in [-0.25, -0.2) is 0 Å². The maximum Gasteiger partial charge on any atom is 0.00719 e. The standard InChI is InChI=1S/C9H12S.3CH4.Sn/c1-2-8-10-9-6-4-3-5-7-9;;;;/h3-7H,2,8H2,1H3;3*1H4;. The minimum absolute atomic E-state index is 0. The summed E-state index contributed by atoms with van der Waals surface area (Å²) in [7, 11) is 0. The Labute approximate surface area is 112 Å². The molecule has 0 aliphatic carbocycles. The summed E-state index contributed by atoms with van der Waals surface area (Å²) < 4.78 is 0. The first-order chi connectivity index (χ1) is 4.93. The van der Waals surface area contributed by atoms with E-state index < -0.39 is 0 Å². The van der Waals surface area contributed by atoms with E-state index in [0.29, 0.717) is 0 Å². The van der Waals surface area contributed by atoms with Crippen LogP contribution in [0.25, 0.3) is 0 Å². The maximum absolute atomic E-state index is 2.20. The second-order valence-electron chi connectivity index (χ2n) is 2.16. The molecular weight excluding hydrogens is 295 g/mol. The zero-order valence-electron chi connectivity index (χ0n) is 6.71. The molecule has 4 radical (unpaired) electrons. The Morgan fingerprint density at radius 3 is 1.93 bits per heavy atom.